The van der Waals surface area contributed by atoms with Crippen molar-refractivity contribution in [1.82, 2.24) is 4.98 Å². The minimum atomic E-state index is -4.50. The van der Waals surface area contributed by atoms with Gasteiger partial charge in [-0.3, -0.25) is 5.41 Å². The molecule has 0 radical (unpaired) electrons. The lowest BCUT2D eigenvalue weighted by molar-refractivity contribution is -0.141. The highest BCUT2D eigenvalue weighted by Gasteiger charge is 2.34. The van der Waals surface area contributed by atoms with Crippen molar-refractivity contribution in [1.29, 1.82) is 5.41 Å². The van der Waals surface area contributed by atoms with Crippen molar-refractivity contribution in [3.8, 4) is 0 Å². The van der Waals surface area contributed by atoms with E-state index in [1.807, 2.05) is 4.90 Å². The van der Waals surface area contributed by atoms with Crippen LogP contribution in [0.4, 0.5) is 19.0 Å². The van der Waals surface area contributed by atoms with E-state index in [0.717, 1.165) is 25.3 Å². The summed E-state index contributed by atoms with van der Waals surface area (Å²) in [5.74, 6) is 0.455. The minimum Gasteiger partial charge on any atom is -0.384 e. The molecule has 2 rings (SSSR count). The molecule has 1 saturated heterocycles. The Morgan fingerprint density at radius 3 is 2.67 bits per heavy atom. The van der Waals surface area contributed by atoms with E-state index >= 15 is 0 Å². The van der Waals surface area contributed by atoms with Gasteiger partial charge in [0, 0.05) is 13.1 Å². The van der Waals surface area contributed by atoms with Crippen molar-refractivity contribution in [3.05, 3.63) is 23.4 Å². The maximum Gasteiger partial charge on any atom is 0.433 e. The summed E-state index contributed by atoms with van der Waals surface area (Å²) in [6.45, 7) is 3.41. The first-order valence-electron chi connectivity index (χ1n) is 6.96. The van der Waals surface area contributed by atoms with E-state index in [4.69, 9.17) is 11.1 Å². The van der Waals surface area contributed by atoms with E-state index in [1.54, 1.807) is 0 Å². The summed E-state index contributed by atoms with van der Waals surface area (Å²) >= 11 is 0. The number of nitrogens with zero attached hydrogens (tertiary/aromatic N) is 2. The molecule has 1 fully saturated rings. The molecule has 0 spiro atoms. The van der Waals surface area contributed by atoms with E-state index in [9.17, 15) is 13.2 Å². The highest BCUT2D eigenvalue weighted by Crippen LogP contribution is 2.31. The molecular weight excluding hydrogens is 281 g/mol. The molecule has 3 N–H and O–H groups in total. The number of hydrogen-bond acceptors (Lipinski definition) is 3. The number of nitrogens with two attached hydrogens (primary N) is 1. The van der Waals surface area contributed by atoms with Gasteiger partial charge in [-0.25, -0.2) is 4.98 Å². The zero-order chi connectivity index (χ0) is 15.6. The highest BCUT2D eigenvalue weighted by atomic mass is 19.4. The van der Waals surface area contributed by atoms with Gasteiger partial charge in [0.25, 0.3) is 0 Å². The lowest BCUT2D eigenvalue weighted by atomic mass is 10.0. The van der Waals surface area contributed by atoms with Gasteiger partial charge in [-0.1, -0.05) is 6.92 Å². The average Bonchev–Trinajstić information content (AvgIpc) is 2.61. The Hall–Kier alpha value is -1.79. The fourth-order valence-corrected chi connectivity index (χ4v) is 2.53. The molecule has 0 amide bonds. The summed E-state index contributed by atoms with van der Waals surface area (Å²) < 4.78 is 38.5. The number of pyridine rings is 1. The predicted molar refractivity (Wildman–Crippen MR) is 75.5 cm³/mol. The molecule has 1 aromatic heterocycles. The summed E-state index contributed by atoms with van der Waals surface area (Å²) in [6.07, 6.45) is -1.65. The van der Waals surface area contributed by atoms with Crippen molar-refractivity contribution in [3.63, 3.8) is 0 Å². The van der Waals surface area contributed by atoms with Crippen LogP contribution in [0.5, 0.6) is 0 Å². The molecule has 1 aliphatic heterocycles. The van der Waals surface area contributed by atoms with Gasteiger partial charge < -0.3 is 10.6 Å². The maximum absolute atomic E-state index is 12.8. The van der Waals surface area contributed by atoms with Crippen LogP contribution in [0.25, 0.3) is 0 Å². The van der Waals surface area contributed by atoms with Crippen LogP contribution in [0.3, 0.4) is 0 Å². The monoisotopic (exact) mass is 300 g/mol. The summed E-state index contributed by atoms with van der Waals surface area (Å²) in [7, 11) is 0. The molecule has 1 aliphatic rings. The molecule has 0 aliphatic carbocycles. The minimum absolute atomic E-state index is 0.173. The predicted octanol–water partition coefficient (Wildman–Crippen LogP) is 3.01. The normalized spacial score (nSPS) is 20.2. The number of aromatic nitrogens is 1. The van der Waals surface area contributed by atoms with Crippen LogP contribution in [0, 0.1) is 11.3 Å². The quantitative estimate of drug-likeness (QED) is 0.652. The third-order valence-corrected chi connectivity index (χ3v) is 3.77. The van der Waals surface area contributed by atoms with Gasteiger partial charge in [-0.05, 0) is 37.3 Å². The Morgan fingerprint density at radius 2 is 2.05 bits per heavy atom. The Kier molecular flexibility index (Phi) is 4.39. The first-order chi connectivity index (χ1) is 9.79. The number of nitrogens with one attached hydrogen (secondary N) is 1. The van der Waals surface area contributed by atoms with Gasteiger partial charge in [0.05, 0.1) is 5.56 Å². The molecule has 0 bridgehead atoms. The van der Waals surface area contributed by atoms with E-state index in [2.05, 4.69) is 11.9 Å². The molecule has 21 heavy (non-hydrogen) atoms. The summed E-state index contributed by atoms with van der Waals surface area (Å²) in [4.78, 5) is 5.55. The molecule has 1 unspecified atom stereocenters. The number of rotatable bonds is 2. The van der Waals surface area contributed by atoms with Gasteiger partial charge in [0.2, 0.25) is 0 Å². The Bertz CT molecular complexity index is 527. The van der Waals surface area contributed by atoms with Gasteiger partial charge >= 0.3 is 6.18 Å². The molecule has 0 aromatic carbocycles. The van der Waals surface area contributed by atoms with E-state index < -0.39 is 11.9 Å². The van der Waals surface area contributed by atoms with Crippen LogP contribution in [-0.4, -0.2) is 23.9 Å². The number of amidine groups is 1. The van der Waals surface area contributed by atoms with Crippen molar-refractivity contribution in [2.75, 3.05) is 18.0 Å². The van der Waals surface area contributed by atoms with Crippen molar-refractivity contribution >= 4 is 11.7 Å². The smallest absolute Gasteiger partial charge is 0.384 e. The Labute approximate surface area is 121 Å². The lowest BCUT2D eigenvalue weighted by Gasteiger charge is -2.25. The standard InChI is InChI=1S/C14H19F3N4/c1-9-3-2-7-21(8-6-9)13-10(12(18)19)4-5-11(20-13)14(15,16)17/h4-5,9H,2-3,6-8H2,1H3,(H3,18,19). The second kappa shape index (κ2) is 5.91. The molecule has 116 valence electrons. The first-order valence-corrected chi connectivity index (χ1v) is 6.96. The first kappa shape index (κ1) is 15.6. The van der Waals surface area contributed by atoms with E-state index in [1.165, 1.54) is 6.07 Å². The van der Waals surface area contributed by atoms with Gasteiger partial charge in [0.1, 0.15) is 17.3 Å². The van der Waals surface area contributed by atoms with Gasteiger partial charge in [-0.2, -0.15) is 13.2 Å². The molecule has 2 heterocycles. The van der Waals surface area contributed by atoms with E-state index in [0.29, 0.717) is 19.0 Å². The summed E-state index contributed by atoms with van der Waals surface area (Å²) in [6, 6.07) is 2.11. The zero-order valence-electron chi connectivity index (χ0n) is 11.9. The second-order valence-corrected chi connectivity index (χ2v) is 5.50. The molecule has 1 atom stereocenters. The fourth-order valence-electron chi connectivity index (χ4n) is 2.53. The zero-order valence-corrected chi connectivity index (χ0v) is 11.9. The molecular formula is C14H19F3N4. The lowest BCUT2D eigenvalue weighted by Crippen LogP contribution is -2.29. The summed E-state index contributed by atoms with van der Waals surface area (Å²) in [5.41, 5.74) is 4.80. The highest BCUT2D eigenvalue weighted by molar-refractivity contribution is 5.99. The Balaban J connectivity index is 2.40. The Morgan fingerprint density at radius 1 is 1.33 bits per heavy atom. The fraction of sp³-hybridized carbons (Fsp3) is 0.571. The summed E-state index contributed by atoms with van der Waals surface area (Å²) in [5, 5.41) is 7.55. The van der Waals surface area contributed by atoms with Crippen LogP contribution in [-0.2, 0) is 6.18 Å². The van der Waals surface area contributed by atoms with Gasteiger partial charge in [-0.15, -0.1) is 0 Å². The average molecular weight is 300 g/mol. The topological polar surface area (TPSA) is 66.0 Å². The second-order valence-electron chi connectivity index (χ2n) is 5.50. The van der Waals surface area contributed by atoms with Gasteiger partial charge in [0.15, 0.2) is 0 Å². The van der Waals surface area contributed by atoms with Crippen molar-refractivity contribution in [2.45, 2.75) is 32.4 Å². The van der Waals surface area contributed by atoms with Crippen LogP contribution in [0.1, 0.15) is 37.4 Å². The maximum atomic E-state index is 12.8. The SMILES string of the molecule is CC1CCCN(c2nc(C(F)(F)F)ccc2C(=N)N)CC1. The van der Waals surface area contributed by atoms with Crippen LogP contribution >= 0.6 is 0 Å². The van der Waals surface area contributed by atoms with Crippen LogP contribution in [0.2, 0.25) is 0 Å². The number of hydrogen-bond donors (Lipinski definition) is 2. The molecule has 7 heteroatoms. The number of nitrogen functional groups attached to an aromatic ring is 1. The van der Waals surface area contributed by atoms with Crippen LogP contribution < -0.4 is 10.6 Å². The molecule has 0 saturated carbocycles. The molecule has 1 aromatic rings. The van der Waals surface area contributed by atoms with Crippen LogP contribution in [0.15, 0.2) is 12.1 Å². The van der Waals surface area contributed by atoms with E-state index in [-0.39, 0.29) is 17.2 Å². The largest absolute Gasteiger partial charge is 0.433 e. The number of alkyl halides is 3. The molecule has 4 nitrogen and oxygen atoms in total. The van der Waals surface area contributed by atoms with Crippen molar-refractivity contribution in [2.24, 2.45) is 11.7 Å². The number of anilines is 1. The number of halogens is 3. The third kappa shape index (κ3) is 3.65. The third-order valence-electron chi connectivity index (χ3n) is 3.77. The van der Waals surface area contributed by atoms with Crippen molar-refractivity contribution < 1.29 is 13.2 Å².